The number of methoxy groups -OCH3 is 1. The van der Waals surface area contributed by atoms with E-state index < -0.39 is 10.0 Å². The zero-order valence-corrected chi connectivity index (χ0v) is 21.7. The molecule has 4 rings (SSSR count). The highest BCUT2D eigenvalue weighted by atomic mass is 32.2. The molecule has 0 fully saturated rings. The maximum Gasteiger partial charge on any atom is 0.263 e. The van der Waals surface area contributed by atoms with Crippen LogP contribution in [0.15, 0.2) is 71.6 Å². The molecule has 206 valence electrons. The van der Waals surface area contributed by atoms with Crippen LogP contribution in [0.25, 0.3) is 11.0 Å². The number of aromatic hydroxyl groups is 1. The Morgan fingerprint density at radius 3 is 2.36 bits per heavy atom. The van der Waals surface area contributed by atoms with Crippen LogP contribution in [0.5, 0.6) is 11.5 Å². The minimum Gasteiger partial charge on any atom is -0.508 e. The van der Waals surface area contributed by atoms with Crippen LogP contribution in [0, 0.1) is 0 Å². The number of nitrogens with one attached hydrogen (secondary N) is 4. The van der Waals surface area contributed by atoms with E-state index in [2.05, 4.69) is 30.6 Å². The van der Waals surface area contributed by atoms with Gasteiger partial charge in [-0.1, -0.05) is 32.5 Å². The predicted octanol–water partition coefficient (Wildman–Crippen LogP) is 4.46. The fourth-order valence-corrected chi connectivity index (χ4v) is 4.63. The molecule has 0 aliphatic heterocycles. The molecule has 0 aliphatic carbocycles. The quantitative estimate of drug-likeness (QED) is 0.170. The lowest BCUT2D eigenvalue weighted by molar-refractivity contribution is -0.115. The highest BCUT2D eigenvalue weighted by molar-refractivity contribution is 7.92. The van der Waals surface area contributed by atoms with Crippen LogP contribution in [0.1, 0.15) is 20.8 Å². The van der Waals surface area contributed by atoms with Crippen LogP contribution < -0.4 is 25.4 Å². The third-order valence-electron chi connectivity index (χ3n) is 5.33. The van der Waals surface area contributed by atoms with Gasteiger partial charge < -0.3 is 25.8 Å². The minimum absolute atomic E-state index is 0. The number of anilines is 4. The molecule has 0 spiro atoms. The van der Waals surface area contributed by atoms with Crippen molar-refractivity contribution in [2.24, 2.45) is 0 Å². The number of carbonyl (C=O) groups is 1. The Hall–Kier alpha value is -4.42. The maximum absolute atomic E-state index is 13.4. The SMILES string of the molecule is C.CCCNCC(=O)Nc1cccc(S(=O)(=O)Nc2nc3ccccc3nc2Nc2cc(O)cc(OC)c2)c1. The van der Waals surface area contributed by atoms with E-state index in [9.17, 15) is 18.3 Å². The lowest BCUT2D eigenvalue weighted by Gasteiger charge is -2.15. The van der Waals surface area contributed by atoms with E-state index in [4.69, 9.17) is 4.74 Å². The van der Waals surface area contributed by atoms with Crippen LogP contribution in [0.2, 0.25) is 0 Å². The van der Waals surface area contributed by atoms with Crippen LogP contribution in [-0.4, -0.2) is 49.6 Å². The van der Waals surface area contributed by atoms with Gasteiger partial charge in [-0.25, -0.2) is 18.4 Å². The van der Waals surface area contributed by atoms with Gasteiger partial charge in [-0.2, -0.15) is 0 Å². The van der Waals surface area contributed by atoms with Crippen molar-refractivity contribution in [3.63, 3.8) is 0 Å². The lowest BCUT2D eigenvalue weighted by Crippen LogP contribution is -2.28. The van der Waals surface area contributed by atoms with Gasteiger partial charge in [0.25, 0.3) is 10.0 Å². The van der Waals surface area contributed by atoms with Crippen LogP contribution in [0.4, 0.5) is 23.0 Å². The van der Waals surface area contributed by atoms with Gasteiger partial charge in [-0.3, -0.25) is 9.52 Å². The molecular weight excluding hydrogens is 520 g/mol. The molecule has 0 aliphatic rings. The summed E-state index contributed by atoms with van der Waals surface area (Å²) in [6.07, 6.45) is 0.889. The number of aromatic nitrogens is 2. The number of sulfonamides is 1. The molecule has 1 aromatic heterocycles. The van der Waals surface area contributed by atoms with Gasteiger partial charge in [-0.15, -0.1) is 0 Å². The third kappa shape index (κ3) is 7.55. The van der Waals surface area contributed by atoms with Crippen molar-refractivity contribution in [1.82, 2.24) is 15.3 Å². The van der Waals surface area contributed by atoms with Gasteiger partial charge in [-0.05, 0) is 43.3 Å². The Balaban J connectivity index is 0.00000420. The molecule has 4 aromatic rings. The monoisotopic (exact) mass is 552 g/mol. The zero-order chi connectivity index (χ0) is 27.1. The summed E-state index contributed by atoms with van der Waals surface area (Å²) in [6.45, 7) is 2.81. The standard InChI is InChI=1S/C26H28N6O5S.CH4/c1-3-11-27-16-24(34)28-17-7-6-8-21(14-17)38(35,36)32-26-25(30-22-9-4-5-10-23(22)31-26)29-18-12-19(33)15-20(13-18)37-2;/h4-10,12-15,27,33H,3,11,16H2,1-2H3,(H,28,34)(H,29,30)(H,31,32);1H4. The summed E-state index contributed by atoms with van der Waals surface area (Å²) in [5.41, 5.74) is 1.76. The fourth-order valence-electron chi connectivity index (χ4n) is 3.58. The Kier molecular flexibility index (Phi) is 9.63. The summed E-state index contributed by atoms with van der Waals surface area (Å²) >= 11 is 0. The molecule has 0 atom stereocenters. The first-order valence-electron chi connectivity index (χ1n) is 11.8. The number of phenols is 1. The van der Waals surface area contributed by atoms with Crippen molar-refractivity contribution in [2.45, 2.75) is 25.7 Å². The average Bonchev–Trinajstić information content (AvgIpc) is 2.89. The summed E-state index contributed by atoms with van der Waals surface area (Å²) in [7, 11) is -2.67. The topological polar surface area (TPSA) is 155 Å². The van der Waals surface area contributed by atoms with E-state index >= 15 is 0 Å². The van der Waals surface area contributed by atoms with Gasteiger partial charge in [0, 0.05) is 29.6 Å². The second kappa shape index (κ2) is 12.9. The van der Waals surface area contributed by atoms with Gasteiger partial charge >= 0.3 is 0 Å². The second-order valence-electron chi connectivity index (χ2n) is 8.31. The Morgan fingerprint density at radius 2 is 1.67 bits per heavy atom. The summed E-state index contributed by atoms with van der Waals surface area (Å²) in [6, 6.07) is 17.4. The van der Waals surface area contributed by atoms with Gasteiger partial charge in [0.15, 0.2) is 11.6 Å². The lowest BCUT2D eigenvalue weighted by atomic mass is 10.2. The van der Waals surface area contributed by atoms with Gasteiger partial charge in [0.05, 0.1) is 29.6 Å². The normalized spacial score (nSPS) is 10.9. The highest BCUT2D eigenvalue weighted by Gasteiger charge is 2.20. The Bertz CT molecular complexity index is 1560. The smallest absolute Gasteiger partial charge is 0.263 e. The first-order valence-corrected chi connectivity index (χ1v) is 13.3. The van der Waals surface area contributed by atoms with Crippen molar-refractivity contribution in [3.05, 3.63) is 66.7 Å². The third-order valence-corrected chi connectivity index (χ3v) is 6.67. The molecule has 0 unspecified atom stereocenters. The van der Waals surface area contributed by atoms with E-state index in [0.717, 1.165) is 6.42 Å². The largest absolute Gasteiger partial charge is 0.508 e. The number of benzene rings is 3. The molecule has 0 saturated heterocycles. The van der Waals surface area contributed by atoms with E-state index in [1.54, 1.807) is 36.4 Å². The Labute approximate surface area is 227 Å². The van der Waals surface area contributed by atoms with Crippen molar-refractivity contribution >= 4 is 50.0 Å². The molecule has 0 saturated carbocycles. The first kappa shape index (κ1) is 29.1. The highest BCUT2D eigenvalue weighted by Crippen LogP contribution is 2.31. The first-order chi connectivity index (χ1) is 18.3. The number of fused-ring (bicyclic) bond motifs is 1. The number of amides is 1. The number of phenolic OH excluding ortho intramolecular Hbond substituents is 1. The van der Waals surface area contributed by atoms with Crippen molar-refractivity contribution in [3.8, 4) is 11.5 Å². The average molecular weight is 553 g/mol. The minimum atomic E-state index is -4.13. The molecule has 11 nitrogen and oxygen atoms in total. The van der Waals surface area contributed by atoms with E-state index in [0.29, 0.717) is 34.7 Å². The van der Waals surface area contributed by atoms with Crippen LogP contribution in [-0.2, 0) is 14.8 Å². The number of ether oxygens (including phenoxy) is 1. The van der Waals surface area contributed by atoms with E-state index in [1.807, 2.05) is 6.92 Å². The summed E-state index contributed by atoms with van der Waals surface area (Å²) in [4.78, 5) is 21.1. The van der Waals surface area contributed by atoms with E-state index in [1.165, 1.54) is 37.4 Å². The molecular formula is C27H32N6O5S. The summed E-state index contributed by atoms with van der Waals surface area (Å²) < 4.78 is 34.4. The molecule has 0 bridgehead atoms. The van der Waals surface area contributed by atoms with Crippen LogP contribution >= 0.6 is 0 Å². The van der Waals surface area contributed by atoms with Crippen molar-refractivity contribution < 1.29 is 23.1 Å². The molecule has 5 N–H and O–H groups in total. The van der Waals surface area contributed by atoms with Gasteiger partial charge in [0.2, 0.25) is 5.91 Å². The Morgan fingerprint density at radius 1 is 0.949 bits per heavy atom. The number of hydrogen-bond acceptors (Lipinski definition) is 9. The molecule has 39 heavy (non-hydrogen) atoms. The van der Waals surface area contributed by atoms with Crippen molar-refractivity contribution in [2.75, 3.05) is 35.6 Å². The number of hydrogen-bond donors (Lipinski definition) is 5. The molecule has 1 heterocycles. The maximum atomic E-state index is 13.4. The number of para-hydroxylation sites is 2. The molecule has 3 aromatic carbocycles. The summed E-state index contributed by atoms with van der Waals surface area (Å²) in [5, 5.41) is 18.7. The number of rotatable bonds is 11. The van der Waals surface area contributed by atoms with Crippen LogP contribution in [0.3, 0.4) is 0 Å². The predicted molar refractivity (Wildman–Crippen MR) is 153 cm³/mol. The van der Waals surface area contributed by atoms with Gasteiger partial charge in [0.1, 0.15) is 11.5 Å². The summed E-state index contributed by atoms with van der Waals surface area (Å²) in [5.74, 6) is 0.128. The number of carbonyl (C=O) groups excluding carboxylic acids is 1. The van der Waals surface area contributed by atoms with E-state index in [-0.39, 0.29) is 42.2 Å². The van der Waals surface area contributed by atoms with Crippen molar-refractivity contribution in [1.29, 1.82) is 0 Å². The molecule has 12 heteroatoms. The molecule has 0 radical (unpaired) electrons. The number of nitrogens with zero attached hydrogens (tertiary/aromatic N) is 2. The molecule has 1 amide bonds. The second-order valence-corrected chi connectivity index (χ2v) is 9.99. The zero-order valence-electron chi connectivity index (χ0n) is 20.9. The fraction of sp³-hybridized carbons (Fsp3) is 0.222.